The number of hydrogen-bond acceptors (Lipinski definition) is 13. The van der Waals surface area contributed by atoms with Gasteiger partial charge in [-0.2, -0.15) is 0 Å². The van der Waals surface area contributed by atoms with Crippen LogP contribution >= 0.6 is 0 Å². The first-order valence-corrected chi connectivity index (χ1v) is 22.6. The van der Waals surface area contributed by atoms with Crippen molar-refractivity contribution in [1.82, 2.24) is 21.3 Å². The van der Waals surface area contributed by atoms with Crippen molar-refractivity contribution in [3.8, 4) is 0 Å². The van der Waals surface area contributed by atoms with Crippen LogP contribution < -0.4 is 32.3 Å². The highest BCUT2D eigenvalue weighted by Gasteiger charge is 2.10. The Morgan fingerprint density at radius 1 is 0.826 bits per heavy atom. The zero-order chi connectivity index (χ0) is 54.3. The lowest BCUT2D eigenvalue weighted by Crippen LogP contribution is -2.39. The number of para-hydroxylation sites is 1. The number of amides is 4. The van der Waals surface area contributed by atoms with Gasteiger partial charge >= 0.3 is 0 Å². The molecule has 18 nitrogen and oxygen atoms in total. The Balaban J connectivity index is -0.000000179. The Morgan fingerprint density at radius 2 is 1.36 bits per heavy atom. The Hall–Kier alpha value is -6.15. The van der Waals surface area contributed by atoms with E-state index in [4.69, 9.17) is 25.5 Å². The number of hydrogen-bond donors (Lipinski definition) is 8. The first-order chi connectivity index (χ1) is 33.1. The monoisotopic (exact) mass is 981 g/mol. The minimum absolute atomic E-state index is 0.00553. The molecule has 2 atom stereocenters. The molecule has 394 valence electrons. The van der Waals surface area contributed by atoms with Gasteiger partial charge in [-0.15, -0.1) is 0 Å². The van der Waals surface area contributed by atoms with E-state index >= 15 is 0 Å². The quantitative estimate of drug-likeness (QED) is 0.0268. The van der Waals surface area contributed by atoms with Crippen molar-refractivity contribution in [3.05, 3.63) is 88.3 Å². The van der Waals surface area contributed by atoms with E-state index in [1.165, 1.54) is 18.7 Å². The summed E-state index contributed by atoms with van der Waals surface area (Å²) in [6, 6.07) is 15.0. The minimum Gasteiger partial charge on any atom is -0.483 e. The molecule has 9 N–H and O–H groups in total. The number of nitrogens with two attached hydrogens (primary N) is 1. The maximum Gasteiger partial charge on any atom is 0.290 e. The Bertz CT molecular complexity index is 1640. The Labute approximate surface area is 410 Å². The number of allylic oxidation sites excluding steroid dienone is 4. The van der Waals surface area contributed by atoms with Gasteiger partial charge < -0.3 is 56.8 Å². The maximum absolute atomic E-state index is 13.5. The number of rotatable bonds is 25. The SMILES string of the molecule is C/C=C(C)\C(C=O)=C(\C)CC.CC.CC(CCN)NC(=O)CNC=O.CCOCc1ccccc1.CO.COCC(=O)CNC=O.Cc1cccc(F)c1NCC(=O)NC(C)CCCC=O.O=CO. The molecular formula is C50H85FN6O12. The van der Waals surface area contributed by atoms with Crippen molar-refractivity contribution in [2.45, 2.75) is 120 Å². The van der Waals surface area contributed by atoms with E-state index in [1.54, 1.807) is 19.1 Å². The molecule has 19 heteroatoms. The summed E-state index contributed by atoms with van der Waals surface area (Å²) in [5.41, 5.74) is 10.7. The van der Waals surface area contributed by atoms with Gasteiger partial charge in [0.1, 0.15) is 25.0 Å². The summed E-state index contributed by atoms with van der Waals surface area (Å²) in [5, 5.41) is 26.7. The number of aliphatic hydroxyl groups is 1. The van der Waals surface area contributed by atoms with Gasteiger partial charge in [0.2, 0.25) is 24.6 Å². The van der Waals surface area contributed by atoms with Gasteiger partial charge in [0.05, 0.1) is 31.9 Å². The van der Waals surface area contributed by atoms with Crippen LogP contribution in [0.2, 0.25) is 0 Å². The number of anilines is 1. The molecule has 2 aromatic carbocycles. The normalized spacial score (nSPS) is 10.6. The Morgan fingerprint density at radius 3 is 1.81 bits per heavy atom. The van der Waals surface area contributed by atoms with E-state index < -0.39 is 0 Å². The van der Waals surface area contributed by atoms with Crippen molar-refractivity contribution in [1.29, 1.82) is 0 Å². The van der Waals surface area contributed by atoms with Crippen LogP contribution in [0.3, 0.4) is 0 Å². The first kappa shape index (κ1) is 74.4. The van der Waals surface area contributed by atoms with Crippen molar-refractivity contribution < 1.29 is 62.4 Å². The minimum atomic E-state index is -0.364. The number of carbonyl (C=O) groups is 8. The van der Waals surface area contributed by atoms with Gasteiger partial charge in [-0.3, -0.25) is 33.6 Å². The standard InChI is InChI=1S/C15H21FN2O2.C10H16O.C9H12O.C7H15N3O2.C5H9NO3.C2H6.CH2O2.CH4O/c1-11-6-5-8-13(16)15(11)17-10-14(20)18-12(2)7-3-4-9-19;1-5-8(3)10(7-11)9(4)6-2;1-2-10-8-9-6-4-3-5-7-9;1-6(2-3-8)10-7(12)4-9-5-11;1-9-3-5(8)2-6-4-7;1-2;2-1-3;1-2/h5-6,8-9,12,17H,3-4,7,10H2,1-2H3,(H,18,20);5,7H,6H2,1-4H3;3-7H,2,8H2,1H3;5-6H,2-4,8H2,1H3,(H,9,11)(H,10,12);4H,2-3H2,1H3,(H,6,7);1-2H3;1H,(H,2,3);2H,1H3/b;8-5-,10-9-;;;;;;. The third-order valence-corrected chi connectivity index (χ3v) is 8.34. The molecule has 0 aromatic heterocycles. The second kappa shape index (κ2) is 58.0. The zero-order valence-corrected chi connectivity index (χ0v) is 43.2. The Kier molecular flexibility index (Phi) is 62.5. The van der Waals surface area contributed by atoms with E-state index in [2.05, 4.69) is 50.4 Å². The van der Waals surface area contributed by atoms with Crippen LogP contribution in [-0.4, -0.2) is 125 Å². The third kappa shape index (κ3) is 51.1. The third-order valence-electron chi connectivity index (χ3n) is 8.34. The van der Waals surface area contributed by atoms with Crippen LogP contribution in [0.4, 0.5) is 10.1 Å². The number of carboxylic acid groups (broad SMARTS) is 1. The fourth-order valence-electron chi connectivity index (χ4n) is 4.75. The molecule has 2 rings (SSSR count). The van der Waals surface area contributed by atoms with Gasteiger partial charge in [-0.05, 0) is 103 Å². The summed E-state index contributed by atoms with van der Waals surface area (Å²) < 4.78 is 23.3. The van der Waals surface area contributed by atoms with E-state index in [1.807, 2.05) is 79.7 Å². The van der Waals surface area contributed by atoms with Gasteiger partial charge in [0, 0.05) is 44.9 Å². The van der Waals surface area contributed by atoms with E-state index in [9.17, 15) is 38.0 Å². The molecule has 0 saturated heterocycles. The van der Waals surface area contributed by atoms with E-state index in [0.717, 1.165) is 80.9 Å². The van der Waals surface area contributed by atoms with Gasteiger partial charge in [-0.25, -0.2) is 4.39 Å². The van der Waals surface area contributed by atoms with Crippen LogP contribution in [-0.2, 0) is 54.4 Å². The van der Waals surface area contributed by atoms with Crippen LogP contribution in [0, 0.1) is 12.7 Å². The second-order valence-electron chi connectivity index (χ2n) is 13.7. The van der Waals surface area contributed by atoms with Gasteiger partial charge in [0.15, 0.2) is 5.78 Å². The number of ether oxygens (including phenoxy) is 2. The van der Waals surface area contributed by atoms with E-state index in [-0.39, 0.29) is 68.2 Å². The molecule has 0 saturated carbocycles. The predicted octanol–water partition coefficient (Wildman–Crippen LogP) is 5.39. The predicted molar refractivity (Wildman–Crippen MR) is 272 cm³/mol. The molecule has 0 fully saturated rings. The largest absolute Gasteiger partial charge is 0.483 e. The van der Waals surface area contributed by atoms with Gasteiger partial charge in [-0.1, -0.05) is 74.9 Å². The summed E-state index contributed by atoms with van der Waals surface area (Å²) in [5.74, 6) is -0.879. The van der Waals surface area contributed by atoms with Crippen LogP contribution in [0.5, 0.6) is 0 Å². The number of methoxy groups -OCH3 is 1. The number of ketones is 1. The summed E-state index contributed by atoms with van der Waals surface area (Å²) >= 11 is 0. The number of Topliss-reactive ketones (excluding diaryl/α,β-unsaturated/α-hetero) is 1. The molecule has 0 bridgehead atoms. The van der Waals surface area contributed by atoms with E-state index in [0.29, 0.717) is 31.5 Å². The second-order valence-corrected chi connectivity index (χ2v) is 13.7. The molecule has 2 aromatic rings. The smallest absolute Gasteiger partial charge is 0.290 e. The lowest BCUT2D eigenvalue weighted by atomic mass is 10.0. The summed E-state index contributed by atoms with van der Waals surface area (Å²) in [6.45, 7) is 21.5. The summed E-state index contributed by atoms with van der Waals surface area (Å²) in [7, 11) is 2.43. The number of unbranched alkanes of at least 4 members (excludes halogenated alkanes) is 1. The summed E-state index contributed by atoms with van der Waals surface area (Å²) in [6.07, 6.45) is 8.45. The van der Waals surface area contributed by atoms with Crippen LogP contribution in [0.25, 0.3) is 0 Å². The fourth-order valence-corrected chi connectivity index (χ4v) is 4.75. The van der Waals surface area contributed by atoms with Gasteiger partial charge in [0.25, 0.3) is 6.47 Å². The highest BCUT2D eigenvalue weighted by atomic mass is 19.1. The number of benzene rings is 2. The molecule has 4 amide bonds. The van der Waals surface area contributed by atoms with Crippen LogP contribution in [0.1, 0.15) is 106 Å². The van der Waals surface area contributed by atoms with Crippen molar-refractivity contribution in [2.75, 3.05) is 58.9 Å². The molecule has 0 aliphatic heterocycles. The number of aliphatic hydroxyl groups excluding tert-OH is 1. The molecular weight excluding hydrogens is 896 g/mol. The van der Waals surface area contributed by atoms with Crippen molar-refractivity contribution in [2.24, 2.45) is 5.73 Å². The average Bonchev–Trinajstić information content (AvgIpc) is 3.34. The number of aldehydes is 2. The molecule has 69 heavy (non-hydrogen) atoms. The average molecular weight is 981 g/mol. The number of halogens is 1. The molecule has 0 radical (unpaired) electrons. The number of aryl methyl sites for hydroxylation is 1. The zero-order valence-electron chi connectivity index (χ0n) is 43.2. The highest BCUT2D eigenvalue weighted by molar-refractivity contribution is 5.83. The molecule has 0 heterocycles. The van der Waals surface area contributed by atoms with Crippen molar-refractivity contribution in [3.63, 3.8) is 0 Å². The number of carbonyl (C=O) groups excluding carboxylic acids is 7. The van der Waals surface area contributed by atoms with Crippen molar-refractivity contribution >= 4 is 55.1 Å². The maximum atomic E-state index is 13.5. The first-order valence-electron chi connectivity index (χ1n) is 22.6. The lowest BCUT2D eigenvalue weighted by molar-refractivity contribution is -0.123. The lowest BCUT2D eigenvalue weighted by Gasteiger charge is -2.15. The molecule has 0 spiro atoms. The fraction of sp³-hybridized carbons (Fsp3) is 0.520. The molecule has 0 aliphatic carbocycles. The number of nitrogens with one attached hydrogen (secondary N) is 5. The molecule has 2 unspecified atom stereocenters. The highest BCUT2D eigenvalue weighted by Crippen LogP contribution is 2.18. The molecule has 0 aliphatic rings. The topological polar surface area (TPSA) is 282 Å². The summed E-state index contributed by atoms with van der Waals surface area (Å²) in [4.78, 5) is 81.7. The van der Waals surface area contributed by atoms with Crippen LogP contribution in [0.15, 0.2) is 71.3 Å².